The summed E-state index contributed by atoms with van der Waals surface area (Å²) in [5.74, 6) is -5.42. The molecular formula is C27H40N8O7. The van der Waals surface area contributed by atoms with E-state index in [1.807, 2.05) is 24.3 Å². The van der Waals surface area contributed by atoms with Gasteiger partial charge in [-0.2, -0.15) is 0 Å². The van der Waals surface area contributed by atoms with Gasteiger partial charge >= 0.3 is 11.9 Å². The number of hydrogen-bond acceptors (Lipinski definition) is 7. The number of nitrogens with zero attached hydrogens (tertiary/aromatic N) is 1. The molecule has 42 heavy (non-hydrogen) atoms. The summed E-state index contributed by atoms with van der Waals surface area (Å²) in [4.78, 5) is 69.4. The molecule has 0 spiro atoms. The maximum absolute atomic E-state index is 13.6. The number of para-hydroxylation sites is 1. The van der Waals surface area contributed by atoms with Gasteiger partial charge in [0, 0.05) is 30.1 Å². The monoisotopic (exact) mass is 588 g/mol. The summed E-state index contributed by atoms with van der Waals surface area (Å²) in [5.41, 5.74) is 17.9. The zero-order valence-electron chi connectivity index (χ0n) is 23.6. The van der Waals surface area contributed by atoms with Gasteiger partial charge in [0.1, 0.15) is 18.1 Å². The lowest BCUT2D eigenvalue weighted by Crippen LogP contribution is -2.58. The van der Waals surface area contributed by atoms with Gasteiger partial charge in [-0.25, -0.2) is 4.79 Å². The third kappa shape index (κ3) is 10.1. The molecule has 12 N–H and O–H groups in total. The Bertz CT molecular complexity index is 1290. The van der Waals surface area contributed by atoms with Crippen molar-refractivity contribution in [2.24, 2.45) is 28.1 Å². The Morgan fingerprint density at radius 2 is 1.62 bits per heavy atom. The van der Waals surface area contributed by atoms with E-state index in [0.29, 0.717) is 12.0 Å². The molecule has 2 rings (SSSR count). The van der Waals surface area contributed by atoms with E-state index < -0.39 is 66.2 Å². The molecule has 0 radical (unpaired) electrons. The summed E-state index contributed by atoms with van der Waals surface area (Å²) < 4.78 is 0. The van der Waals surface area contributed by atoms with E-state index in [1.165, 1.54) is 0 Å². The van der Waals surface area contributed by atoms with Crippen LogP contribution in [0.4, 0.5) is 0 Å². The molecule has 0 bridgehead atoms. The van der Waals surface area contributed by atoms with Gasteiger partial charge in [0.2, 0.25) is 17.7 Å². The maximum Gasteiger partial charge on any atom is 0.326 e. The summed E-state index contributed by atoms with van der Waals surface area (Å²) in [6.07, 6.45) is 1.79. The molecule has 0 aliphatic heterocycles. The highest BCUT2D eigenvalue weighted by Crippen LogP contribution is 2.19. The number of aromatic amines is 1. The van der Waals surface area contributed by atoms with E-state index in [1.54, 1.807) is 20.0 Å². The molecule has 1 aromatic heterocycles. The van der Waals surface area contributed by atoms with Crippen LogP contribution in [0.1, 0.15) is 45.1 Å². The summed E-state index contributed by atoms with van der Waals surface area (Å²) in [6.45, 7) is 3.61. The normalized spacial score (nSPS) is 14.5. The number of aromatic nitrogens is 1. The number of carbonyl (C=O) groups is 5. The second-order valence-electron chi connectivity index (χ2n) is 10.0. The van der Waals surface area contributed by atoms with Crippen LogP contribution < -0.4 is 33.2 Å². The molecule has 0 saturated heterocycles. The highest BCUT2D eigenvalue weighted by atomic mass is 16.4. The molecule has 2 aromatic rings. The second-order valence-corrected chi connectivity index (χ2v) is 10.0. The Hall–Kier alpha value is -4.66. The zero-order chi connectivity index (χ0) is 31.4. The van der Waals surface area contributed by atoms with Gasteiger partial charge in [-0.15, -0.1) is 0 Å². The maximum atomic E-state index is 13.6. The van der Waals surface area contributed by atoms with E-state index in [4.69, 9.17) is 22.3 Å². The number of nitrogens with two attached hydrogens (primary N) is 3. The third-order valence-corrected chi connectivity index (χ3v) is 6.82. The lowest BCUT2D eigenvalue weighted by Gasteiger charge is -2.26. The number of aliphatic imine (C=N–C) groups is 1. The van der Waals surface area contributed by atoms with Crippen molar-refractivity contribution in [2.45, 2.75) is 70.1 Å². The quantitative estimate of drug-likeness (QED) is 0.0627. The number of rotatable bonds is 17. The van der Waals surface area contributed by atoms with Crippen molar-refractivity contribution in [1.29, 1.82) is 0 Å². The number of H-pyrrole nitrogens is 1. The fourth-order valence-electron chi connectivity index (χ4n) is 4.27. The zero-order valence-corrected chi connectivity index (χ0v) is 23.6. The number of carboxylic acids is 2. The third-order valence-electron chi connectivity index (χ3n) is 6.82. The van der Waals surface area contributed by atoms with E-state index >= 15 is 0 Å². The largest absolute Gasteiger partial charge is 0.481 e. The van der Waals surface area contributed by atoms with Crippen molar-refractivity contribution in [3.63, 3.8) is 0 Å². The number of carbonyl (C=O) groups excluding carboxylic acids is 3. The van der Waals surface area contributed by atoms with Crippen LogP contribution in [0.25, 0.3) is 10.9 Å². The van der Waals surface area contributed by atoms with Crippen LogP contribution in [-0.4, -0.2) is 81.5 Å². The Morgan fingerprint density at radius 3 is 2.24 bits per heavy atom. The minimum absolute atomic E-state index is 0.0195. The molecule has 0 fully saturated rings. The Morgan fingerprint density at radius 1 is 0.976 bits per heavy atom. The predicted molar refractivity (Wildman–Crippen MR) is 155 cm³/mol. The predicted octanol–water partition coefficient (Wildman–Crippen LogP) is -0.849. The number of amides is 3. The number of aliphatic carboxylic acids is 2. The van der Waals surface area contributed by atoms with Crippen molar-refractivity contribution in [1.82, 2.24) is 20.9 Å². The average Bonchev–Trinajstić information content (AvgIpc) is 3.34. The Kier molecular flexibility index (Phi) is 12.7. The number of guanidine groups is 1. The SMILES string of the molecule is CCC(C)C(NC(=O)C(CCCN=C(N)N)NC(=O)C(Cc1c[nH]c2ccccc12)NC(=O)C(N)CC(=O)O)C(=O)O. The van der Waals surface area contributed by atoms with Crippen molar-refractivity contribution >= 4 is 46.5 Å². The Labute approximate surface area is 242 Å². The summed E-state index contributed by atoms with van der Waals surface area (Å²) in [6, 6.07) is 2.22. The molecule has 0 aliphatic carbocycles. The van der Waals surface area contributed by atoms with Crippen molar-refractivity contribution in [3.8, 4) is 0 Å². The lowest BCUT2D eigenvalue weighted by atomic mass is 9.98. The van der Waals surface area contributed by atoms with Crippen LogP contribution in [0.5, 0.6) is 0 Å². The second kappa shape index (κ2) is 16.0. The first-order valence-electron chi connectivity index (χ1n) is 13.6. The molecule has 15 heteroatoms. The summed E-state index contributed by atoms with van der Waals surface area (Å²) in [7, 11) is 0. The van der Waals surface area contributed by atoms with Gasteiger partial charge in [0.15, 0.2) is 5.96 Å². The first kappa shape index (κ1) is 33.5. The van der Waals surface area contributed by atoms with E-state index in [-0.39, 0.29) is 31.8 Å². The van der Waals surface area contributed by atoms with Crippen LogP contribution >= 0.6 is 0 Å². The molecule has 15 nitrogen and oxygen atoms in total. The molecule has 3 amide bonds. The van der Waals surface area contributed by atoms with Crippen LogP contribution in [0.2, 0.25) is 0 Å². The van der Waals surface area contributed by atoms with Gasteiger partial charge in [0.05, 0.1) is 12.5 Å². The van der Waals surface area contributed by atoms with Gasteiger partial charge in [-0.3, -0.25) is 24.2 Å². The number of nitrogens with one attached hydrogen (secondary N) is 4. The topological polar surface area (TPSA) is 268 Å². The number of benzene rings is 1. The number of hydrogen-bond donors (Lipinski definition) is 9. The average molecular weight is 589 g/mol. The van der Waals surface area contributed by atoms with Gasteiger partial charge in [-0.1, -0.05) is 38.5 Å². The summed E-state index contributed by atoms with van der Waals surface area (Å²) >= 11 is 0. The van der Waals surface area contributed by atoms with Crippen LogP contribution in [0.3, 0.4) is 0 Å². The van der Waals surface area contributed by atoms with Crippen LogP contribution in [0, 0.1) is 5.92 Å². The van der Waals surface area contributed by atoms with Gasteiger partial charge in [0.25, 0.3) is 0 Å². The smallest absolute Gasteiger partial charge is 0.326 e. The highest BCUT2D eigenvalue weighted by Gasteiger charge is 2.32. The van der Waals surface area contributed by atoms with Gasteiger partial charge in [-0.05, 0) is 30.4 Å². The molecule has 0 saturated carbocycles. The minimum atomic E-state index is -1.42. The van der Waals surface area contributed by atoms with E-state index in [2.05, 4.69) is 25.9 Å². The van der Waals surface area contributed by atoms with Crippen molar-refractivity contribution in [2.75, 3.05) is 6.54 Å². The van der Waals surface area contributed by atoms with E-state index in [9.17, 15) is 29.1 Å². The van der Waals surface area contributed by atoms with Crippen LogP contribution in [0.15, 0.2) is 35.5 Å². The molecule has 5 atom stereocenters. The molecular weight excluding hydrogens is 548 g/mol. The lowest BCUT2D eigenvalue weighted by molar-refractivity contribution is -0.144. The fraction of sp³-hybridized carbons (Fsp3) is 0.481. The molecule has 1 heterocycles. The fourth-order valence-corrected chi connectivity index (χ4v) is 4.27. The highest BCUT2D eigenvalue weighted by molar-refractivity contribution is 5.95. The van der Waals surface area contributed by atoms with E-state index in [0.717, 1.165) is 10.9 Å². The molecule has 230 valence electrons. The molecule has 1 aromatic carbocycles. The number of carboxylic acid groups (broad SMARTS) is 2. The van der Waals surface area contributed by atoms with Gasteiger partial charge < -0.3 is 48.3 Å². The Balaban J connectivity index is 2.34. The number of fused-ring (bicyclic) bond motifs is 1. The molecule has 5 unspecified atom stereocenters. The minimum Gasteiger partial charge on any atom is -0.481 e. The first-order chi connectivity index (χ1) is 19.8. The van der Waals surface area contributed by atoms with Crippen LogP contribution in [-0.2, 0) is 30.4 Å². The molecule has 0 aliphatic rings. The van der Waals surface area contributed by atoms with Crippen molar-refractivity contribution in [3.05, 3.63) is 36.0 Å². The summed E-state index contributed by atoms with van der Waals surface area (Å²) in [5, 5.41) is 27.1. The standard InChI is InChI=1S/C27H40N8O7/c1-3-14(2)22(26(41)42)35-24(39)19(9-6-10-31-27(29)30)33-25(40)20(34-23(38)17(28)12-21(36)37)11-15-13-32-18-8-5-4-7-16(15)18/h4-5,7-8,13-14,17,19-20,22,32H,3,6,9-12,28H2,1-2H3,(H,33,40)(H,34,38)(H,35,39)(H,36,37)(H,41,42)(H4,29,30,31). The first-order valence-corrected chi connectivity index (χ1v) is 13.6. The van der Waals surface area contributed by atoms with Crippen molar-refractivity contribution < 1.29 is 34.2 Å².